The molecule has 0 radical (unpaired) electrons. The smallest absolute Gasteiger partial charge is 0.190 e. The van der Waals surface area contributed by atoms with Crippen molar-refractivity contribution in [3.63, 3.8) is 0 Å². The van der Waals surface area contributed by atoms with Gasteiger partial charge in [-0.2, -0.15) is 0 Å². The lowest BCUT2D eigenvalue weighted by Crippen LogP contribution is -2.46. The third-order valence-corrected chi connectivity index (χ3v) is 6.61. The maximum Gasteiger partial charge on any atom is 0.190 e. The summed E-state index contributed by atoms with van der Waals surface area (Å²) in [6.07, 6.45) is 8.96. The molecule has 0 aromatic rings. The number of guanidine groups is 1. The van der Waals surface area contributed by atoms with Crippen LogP contribution >= 0.6 is 24.0 Å². The third-order valence-electron chi connectivity index (χ3n) is 6.61. The number of likely N-dealkylation sites (N-methyl/N-ethyl adjacent to an activating group) is 1. The highest BCUT2D eigenvalue weighted by Crippen LogP contribution is 2.40. The molecule has 1 heterocycles. The number of nitrogens with zero attached hydrogens (tertiary/aromatic N) is 3. The van der Waals surface area contributed by atoms with E-state index in [0.717, 1.165) is 38.7 Å². The number of hydrogen-bond donors (Lipinski definition) is 2. The van der Waals surface area contributed by atoms with Gasteiger partial charge in [-0.15, -0.1) is 24.0 Å². The lowest BCUT2D eigenvalue weighted by atomic mass is 9.83. The highest BCUT2D eigenvalue weighted by atomic mass is 127. The lowest BCUT2D eigenvalue weighted by molar-refractivity contribution is 0.105. The van der Waals surface area contributed by atoms with Crippen molar-refractivity contribution in [3.8, 4) is 0 Å². The molecule has 0 bridgehead atoms. The molecular weight excluding hydrogens is 477 g/mol. The van der Waals surface area contributed by atoms with Crippen LogP contribution in [-0.2, 0) is 4.74 Å². The molecule has 7 heteroatoms. The minimum atomic E-state index is 0. The van der Waals surface area contributed by atoms with E-state index in [2.05, 4.69) is 39.3 Å². The van der Waals surface area contributed by atoms with Crippen molar-refractivity contribution in [2.24, 2.45) is 10.4 Å². The molecule has 29 heavy (non-hydrogen) atoms. The average Bonchev–Trinajstić information content (AvgIpc) is 3.19. The summed E-state index contributed by atoms with van der Waals surface area (Å²) in [5.41, 5.74) is 0.396. The first-order chi connectivity index (χ1) is 13.7. The van der Waals surface area contributed by atoms with Crippen LogP contribution in [0.4, 0.5) is 0 Å². The van der Waals surface area contributed by atoms with Crippen LogP contribution in [-0.4, -0.2) is 88.4 Å². The number of unbranched alkanes of at least 4 members (excludes halogenated alkanes) is 1. The first-order valence-corrected chi connectivity index (χ1v) is 11.7. The zero-order chi connectivity index (χ0) is 20.1. The Bertz CT molecular complexity index is 435. The van der Waals surface area contributed by atoms with E-state index >= 15 is 0 Å². The van der Waals surface area contributed by atoms with Crippen molar-refractivity contribution in [2.75, 3.05) is 72.6 Å². The third kappa shape index (κ3) is 10.2. The summed E-state index contributed by atoms with van der Waals surface area (Å²) in [6, 6.07) is 0. The SMILES string of the molecule is CCOCCC1(CNC(=NC)NCCCCN2CCN(CC)CC2)CCCC1.I. The molecule has 172 valence electrons. The van der Waals surface area contributed by atoms with Crippen molar-refractivity contribution in [3.05, 3.63) is 0 Å². The van der Waals surface area contributed by atoms with E-state index in [-0.39, 0.29) is 24.0 Å². The van der Waals surface area contributed by atoms with Crippen LogP contribution in [0.25, 0.3) is 0 Å². The molecular formula is C22H46IN5O. The molecule has 2 rings (SSSR count). The molecule has 2 aliphatic rings. The Morgan fingerprint density at radius 2 is 1.69 bits per heavy atom. The molecule has 2 fully saturated rings. The Hall–Kier alpha value is -0.120. The molecule has 0 unspecified atom stereocenters. The van der Waals surface area contributed by atoms with Gasteiger partial charge in [-0.25, -0.2) is 0 Å². The molecule has 2 N–H and O–H groups in total. The number of aliphatic imine (C=N–C) groups is 1. The van der Waals surface area contributed by atoms with Gasteiger partial charge in [-0.05, 0) is 57.5 Å². The number of halogens is 1. The Balaban J connectivity index is 0.00000420. The van der Waals surface area contributed by atoms with E-state index in [0.29, 0.717) is 5.41 Å². The molecule has 1 aliphatic carbocycles. The molecule has 1 aliphatic heterocycles. The summed E-state index contributed by atoms with van der Waals surface area (Å²) in [4.78, 5) is 9.58. The molecule has 0 atom stereocenters. The van der Waals surface area contributed by atoms with Crippen LogP contribution in [0.2, 0.25) is 0 Å². The zero-order valence-corrected chi connectivity index (χ0v) is 21.5. The van der Waals surface area contributed by atoms with E-state index in [9.17, 15) is 0 Å². The Morgan fingerprint density at radius 1 is 1.00 bits per heavy atom. The molecule has 0 aromatic heterocycles. The molecule has 0 spiro atoms. The van der Waals surface area contributed by atoms with Crippen molar-refractivity contribution in [1.29, 1.82) is 0 Å². The topological polar surface area (TPSA) is 52.1 Å². The normalized spacial score (nSPS) is 20.4. The predicted octanol–water partition coefficient (Wildman–Crippen LogP) is 3.17. The summed E-state index contributed by atoms with van der Waals surface area (Å²) in [6.45, 7) is 15.4. The van der Waals surface area contributed by atoms with Crippen LogP contribution in [0.1, 0.15) is 58.8 Å². The summed E-state index contributed by atoms with van der Waals surface area (Å²) < 4.78 is 5.63. The Kier molecular flexibility index (Phi) is 14.5. The highest BCUT2D eigenvalue weighted by Gasteiger charge is 2.33. The largest absolute Gasteiger partial charge is 0.382 e. The summed E-state index contributed by atoms with van der Waals surface area (Å²) in [7, 11) is 1.88. The van der Waals surface area contributed by atoms with E-state index in [1.54, 1.807) is 0 Å². The number of hydrogen-bond acceptors (Lipinski definition) is 4. The first kappa shape index (κ1) is 26.9. The molecule has 6 nitrogen and oxygen atoms in total. The molecule has 0 amide bonds. The van der Waals surface area contributed by atoms with Gasteiger partial charge in [-0.1, -0.05) is 19.8 Å². The second-order valence-electron chi connectivity index (χ2n) is 8.49. The van der Waals surface area contributed by atoms with Gasteiger partial charge in [0.05, 0.1) is 0 Å². The van der Waals surface area contributed by atoms with Crippen LogP contribution in [0.5, 0.6) is 0 Å². The van der Waals surface area contributed by atoms with E-state index in [1.807, 2.05) is 7.05 Å². The monoisotopic (exact) mass is 523 g/mol. The standard InChI is InChI=1S/C22H45N5O.HI/c1-4-26-15-17-27(18-16-26)14-9-8-13-24-21(23-3)25-20-22(10-6-7-11-22)12-19-28-5-2;/h4-20H2,1-3H3,(H2,23,24,25);1H. The maximum absolute atomic E-state index is 5.63. The quantitative estimate of drug-likeness (QED) is 0.178. The van der Waals surface area contributed by atoms with Crippen LogP contribution < -0.4 is 10.6 Å². The van der Waals surface area contributed by atoms with Gasteiger partial charge in [0.15, 0.2) is 5.96 Å². The fourth-order valence-corrected chi connectivity index (χ4v) is 4.56. The maximum atomic E-state index is 5.63. The van der Waals surface area contributed by atoms with E-state index in [1.165, 1.54) is 77.8 Å². The Labute approximate surface area is 196 Å². The van der Waals surface area contributed by atoms with Crippen molar-refractivity contribution < 1.29 is 4.74 Å². The lowest BCUT2D eigenvalue weighted by Gasteiger charge is -2.34. The zero-order valence-electron chi connectivity index (χ0n) is 19.2. The number of piperazine rings is 1. The minimum absolute atomic E-state index is 0. The molecule has 1 saturated carbocycles. The summed E-state index contributed by atoms with van der Waals surface area (Å²) >= 11 is 0. The summed E-state index contributed by atoms with van der Waals surface area (Å²) in [5.74, 6) is 0.958. The highest BCUT2D eigenvalue weighted by molar-refractivity contribution is 14.0. The summed E-state index contributed by atoms with van der Waals surface area (Å²) in [5, 5.41) is 7.11. The van der Waals surface area contributed by atoms with Gasteiger partial charge in [0.25, 0.3) is 0 Å². The second kappa shape index (κ2) is 15.6. The Morgan fingerprint density at radius 3 is 2.31 bits per heavy atom. The van der Waals surface area contributed by atoms with E-state index in [4.69, 9.17) is 4.74 Å². The van der Waals surface area contributed by atoms with Gasteiger partial charge >= 0.3 is 0 Å². The van der Waals surface area contributed by atoms with Crippen LogP contribution in [0.15, 0.2) is 4.99 Å². The van der Waals surface area contributed by atoms with Crippen molar-refractivity contribution >= 4 is 29.9 Å². The average molecular weight is 524 g/mol. The molecule has 1 saturated heterocycles. The number of nitrogens with one attached hydrogen (secondary N) is 2. The van der Waals surface area contributed by atoms with Crippen LogP contribution in [0.3, 0.4) is 0 Å². The fraction of sp³-hybridized carbons (Fsp3) is 0.955. The van der Waals surface area contributed by atoms with E-state index < -0.39 is 0 Å². The second-order valence-corrected chi connectivity index (χ2v) is 8.49. The minimum Gasteiger partial charge on any atom is -0.382 e. The first-order valence-electron chi connectivity index (χ1n) is 11.7. The van der Waals surface area contributed by atoms with Gasteiger partial charge in [0.1, 0.15) is 0 Å². The molecule has 0 aromatic carbocycles. The van der Waals surface area contributed by atoms with Gasteiger partial charge < -0.3 is 25.2 Å². The van der Waals surface area contributed by atoms with Gasteiger partial charge in [0, 0.05) is 59.5 Å². The predicted molar refractivity (Wildman–Crippen MR) is 135 cm³/mol. The number of rotatable bonds is 12. The van der Waals surface area contributed by atoms with Gasteiger partial charge in [-0.3, -0.25) is 4.99 Å². The van der Waals surface area contributed by atoms with Crippen molar-refractivity contribution in [1.82, 2.24) is 20.4 Å². The number of ether oxygens (including phenoxy) is 1. The van der Waals surface area contributed by atoms with Crippen LogP contribution in [0, 0.1) is 5.41 Å². The van der Waals surface area contributed by atoms with Crippen molar-refractivity contribution in [2.45, 2.75) is 58.8 Å². The fourth-order valence-electron chi connectivity index (χ4n) is 4.56. The van der Waals surface area contributed by atoms with Gasteiger partial charge in [0.2, 0.25) is 0 Å².